The van der Waals surface area contributed by atoms with Crippen LogP contribution in [0.2, 0.25) is 0 Å². The molecule has 2 unspecified atom stereocenters. The van der Waals surface area contributed by atoms with Crippen molar-refractivity contribution in [2.24, 2.45) is 17.1 Å². The molecular weight excluding hydrogens is 521 g/mol. The van der Waals surface area contributed by atoms with Gasteiger partial charge in [0.05, 0.1) is 17.2 Å². The van der Waals surface area contributed by atoms with E-state index in [1.165, 1.54) is 17.7 Å². The van der Waals surface area contributed by atoms with Crippen molar-refractivity contribution < 1.29 is 9.13 Å². The summed E-state index contributed by atoms with van der Waals surface area (Å²) in [6, 6.07) is 10.5. The smallest absolute Gasteiger partial charge is 0.323 e. The average Bonchev–Trinajstić information content (AvgIpc) is 3.78. The standard InChI is InChI=1S/C31H36FN7O2/c32-22-6-8-26(23(14-22)28(33)21-3-1-2-4-21)41-27-15-34-19-35-29(27)39-12-10-31(18-39)9-11-38(17-31)16-20-5-7-24-25(13-20)37-30(40)36-24/h5-8,13-15,19,21,28H,1-4,9-12,16-18,33H2,(H2,36,37,40). The van der Waals surface area contributed by atoms with Crippen molar-refractivity contribution >= 4 is 16.9 Å². The van der Waals surface area contributed by atoms with Crippen LogP contribution in [0, 0.1) is 17.2 Å². The molecule has 2 atom stereocenters. The lowest BCUT2D eigenvalue weighted by Crippen LogP contribution is -2.31. The van der Waals surface area contributed by atoms with Crippen LogP contribution in [0.3, 0.4) is 0 Å². The summed E-state index contributed by atoms with van der Waals surface area (Å²) in [5.74, 6) is 1.94. The lowest BCUT2D eigenvalue weighted by atomic mass is 9.86. The highest BCUT2D eigenvalue weighted by molar-refractivity contribution is 5.75. The second-order valence-electron chi connectivity index (χ2n) is 12.2. The van der Waals surface area contributed by atoms with E-state index in [-0.39, 0.29) is 23.0 Å². The van der Waals surface area contributed by atoms with Gasteiger partial charge < -0.3 is 25.3 Å². The molecule has 3 fully saturated rings. The molecule has 0 amide bonds. The highest BCUT2D eigenvalue weighted by Gasteiger charge is 2.44. The largest absolute Gasteiger partial charge is 0.451 e. The molecule has 41 heavy (non-hydrogen) atoms. The van der Waals surface area contributed by atoms with Crippen LogP contribution in [0.4, 0.5) is 10.2 Å². The van der Waals surface area contributed by atoms with Crippen LogP contribution in [0.25, 0.3) is 11.0 Å². The maximum absolute atomic E-state index is 14.3. The summed E-state index contributed by atoms with van der Waals surface area (Å²) in [4.78, 5) is 31.0. The van der Waals surface area contributed by atoms with Crippen molar-refractivity contribution in [2.45, 2.75) is 51.1 Å². The van der Waals surface area contributed by atoms with Crippen LogP contribution in [-0.4, -0.2) is 51.0 Å². The van der Waals surface area contributed by atoms with Gasteiger partial charge in [-0.2, -0.15) is 0 Å². The fourth-order valence-electron chi connectivity index (χ4n) is 7.23. The number of aromatic nitrogens is 4. The predicted molar refractivity (Wildman–Crippen MR) is 155 cm³/mol. The van der Waals surface area contributed by atoms with Gasteiger partial charge in [0, 0.05) is 43.2 Å². The fraction of sp³-hybridized carbons (Fsp3) is 0.452. The number of aromatic amines is 2. The van der Waals surface area contributed by atoms with Crippen molar-refractivity contribution in [3.05, 3.63) is 76.4 Å². The second-order valence-corrected chi connectivity index (χ2v) is 12.2. The molecule has 10 heteroatoms. The summed E-state index contributed by atoms with van der Waals surface area (Å²) in [6.45, 7) is 4.65. The van der Waals surface area contributed by atoms with Crippen LogP contribution < -0.4 is 21.1 Å². The van der Waals surface area contributed by atoms with E-state index in [1.54, 1.807) is 18.6 Å². The van der Waals surface area contributed by atoms with E-state index in [9.17, 15) is 9.18 Å². The van der Waals surface area contributed by atoms with Crippen molar-refractivity contribution in [1.82, 2.24) is 24.8 Å². The van der Waals surface area contributed by atoms with Gasteiger partial charge in [-0.3, -0.25) is 4.90 Å². The molecule has 4 aromatic rings. The normalized spacial score (nSPS) is 22.3. The molecule has 1 saturated carbocycles. The summed E-state index contributed by atoms with van der Waals surface area (Å²) in [7, 11) is 0. The van der Waals surface area contributed by atoms with Gasteiger partial charge >= 0.3 is 5.69 Å². The Bertz CT molecular complexity index is 1610. The molecule has 2 aliphatic heterocycles. The third-order valence-corrected chi connectivity index (χ3v) is 9.36. The Hall–Kier alpha value is -3.76. The predicted octanol–water partition coefficient (Wildman–Crippen LogP) is 4.87. The maximum Gasteiger partial charge on any atom is 0.323 e. The molecule has 0 bridgehead atoms. The molecule has 2 saturated heterocycles. The Labute approximate surface area is 237 Å². The zero-order valence-corrected chi connectivity index (χ0v) is 23.1. The van der Waals surface area contributed by atoms with Gasteiger partial charge in [0.15, 0.2) is 11.6 Å². The zero-order valence-electron chi connectivity index (χ0n) is 23.1. The van der Waals surface area contributed by atoms with Crippen molar-refractivity contribution in [2.75, 3.05) is 31.1 Å². The number of benzene rings is 2. The van der Waals surface area contributed by atoms with Gasteiger partial charge in [0.2, 0.25) is 0 Å². The van der Waals surface area contributed by atoms with E-state index in [1.807, 2.05) is 6.07 Å². The first-order valence-electron chi connectivity index (χ1n) is 14.7. The Kier molecular flexibility index (Phi) is 6.75. The van der Waals surface area contributed by atoms with E-state index in [4.69, 9.17) is 10.5 Å². The lowest BCUT2D eigenvalue weighted by molar-refractivity contribution is 0.270. The van der Waals surface area contributed by atoms with Crippen LogP contribution in [0.5, 0.6) is 11.5 Å². The van der Waals surface area contributed by atoms with E-state index < -0.39 is 0 Å². The number of fused-ring (bicyclic) bond motifs is 1. The molecule has 1 aliphatic carbocycles. The number of hydrogen-bond donors (Lipinski definition) is 3. The van der Waals surface area contributed by atoms with Crippen LogP contribution in [0.1, 0.15) is 55.7 Å². The molecule has 214 valence electrons. The SMILES string of the molecule is NC(c1cc(F)ccc1Oc1cncnc1N1CCC2(CCN(Cc3ccc4[nH]c(=O)[nH]c4c3)C2)C1)C1CCCC1. The molecule has 1 spiro atoms. The molecule has 4 heterocycles. The topological polar surface area (TPSA) is 116 Å². The Balaban J connectivity index is 1.06. The number of rotatable bonds is 7. The number of halogens is 1. The highest BCUT2D eigenvalue weighted by atomic mass is 19.1. The molecule has 3 aliphatic rings. The van der Waals surface area contributed by atoms with E-state index in [0.717, 1.165) is 88.1 Å². The van der Waals surface area contributed by atoms with Crippen molar-refractivity contribution in [1.29, 1.82) is 0 Å². The van der Waals surface area contributed by atoms with Gasteiger partial charge in [-0.15, -0.1) is 0 Å². The van der Waals surface area contributed by atoms with Gasteiger partial charge in [-0.25, -0.2) is 19.2 Å². The number of H-pyrrole nitrogens is 2. The number of hydrogen-bond acceptors (Lipinski definition) is 7. The third-order valence-electron chi connectivity index (χ3n) is 9.36. The molecule has 0 radical (unpaired) electrons. The number of nitrogens with zero attached hydrogens (tertiary/aromatic N) is 4. The van der Waals surface area contributed by atoms with E-state index in [2.05, 4.69) is 41.9 Å². The quantitative estimate of drug-likeness (QED) is 0.297. The minimum atomic E-state index is -0.307. The van der Waals surface area contributed by atoms with Gasteiger partial charge in [0.1, 0.15) is 17.9 Å². The molecule has 7 rings (SSSR count). The van der Waals surface area contributed by atoms with E-state index >= 15 is 0 Å². The average molecular weight is 558 g/mol. The zero-order chi connectivity index (χ0) is 28.0. The molecule has 4 N–H and O–H groups in total. The van der Waals surface area contributed by atoms with Crippen LogP contribution >= 0.6 is 0 Å². The third kappa shape index (κ3) is 5.22. The number of likely N-dealkylation sites (tertiary alicyclic amines) is 1. The van der Waals surface area contributed by atoms with Gasteiger partial charge in [0.25, 0.3) is 0 Å². The number of imidazole rings is 1. The Morgan fingerprint density at radius 1 is 1.05 bits per heavy atom. The van der Waals surface area contributed by atoms with Gasteiger partial charge in [-0.1, -0.05) is 18.9 Å². The number of nitrogens with one attached hydrogen (secondary N) is 2. The number of nitrogens with two attached hydrogens (primary N) is 1. The van der Waals surface area contributed by atoms with Crippen molar-refractivity contribution in [3.8, 4) is 11.5 Å². The Morgan fingerprint density at radius 3 is 2.76 bits per heavy atom. The Morgan fingerprint density at radius 2 is 1.88 bits per heavy atom. The first-order chi connectivity index (χ1) is 19.9. The molecule has 2 aromatic carbocycles. The first kappa shape index (κ1) is 26.2. The van der Waals surface area contributed by atoms with Crippen LogP contribution in [0.15, 0.2) is 53.7 Å². The highest BCUT2D eigenvalue weighted by Crippen LogP contribution is 2.44. The molecule has 9 nitrogen and oxygen atoms in total. The molecular formula is C31H36FN7O2. The first-order valence-corrected chi connectivity index (χ1v) is 14.7. The van der Waals surface area contributed by atoms with Crippen LogP contribution in [-0.2, 0) is 6.54 Å². The fourth-order valence-corrected chi connectivity index (χ4v) is 7.23. The second kappa shape index (κ2) is 10.6. The monoisotopic (exact) mass is 557 g/mol. The minimum Gasteiger partial charge on any atom is -0.451 e. The maximum atomic E-state index is 14.3. The summed E-state index contributed by atoms with van der Waals surface area (Å²) < 4.78 is 20.7. The van der Waals surface area contributed by atoms with E-state index in [0.29, 0.717) is 23.0 Å². The molecule has 2 aromatic heterocycles. The minimum absolute atomic E-state index is 0.177. The van der Waals surface area contributed by atoms with Gasteiger partial charge in [-0.05, 0) is 74.0 Å². The number of ether oxygens (including phenoxy) is 1. The lowest BCUT2D eigenvalue weighted by Gasteiger charge is -2.26. The number of anilines is 1. The summed E-state index contributed by atoms with van der Waals surface area (Å²) >= 11 is 0. The summed E-state index contributed by atoms with van der Waals surface area (Å²) in [5, 5.41) is 0. The van der Waals surface area contributed by atoms with Crippen molar-refractivity contribution in [3.63, 3.8) is 0 Å². The summed E-state index contributed by atoms with van der Waals surface area (Å²) in [5.41, 5.74) is 10.2. The summed E-state index contributed by atoms with van der Waals surface area (Å²) in [6.07, 6.45) is 9.90.